The quantitative estimate of drug-likeness (QED) is 0.521. The number of rotatable bonds is 4. The zero-order valence-electron chi connectivity index (χ0n) is 19.0. The van der Waals surface area contributed by atoms with E-state index in [1.165, 1.54) is 0 Å². The maximum atomic E-state index is 12.9. The van der Waals surface area contributed by atoms with Gasteiger partial charge in [0.1, 0.15) is 0 Å². The summed E-state index contributed by atoms with van der Waals surface area (Å²) in [5.41, 5.74) is 3.14. The minimum Gasteiger partial charge on any atom is -0.348 e. The monoisotopic (exact) mass is 445 g/mol. The van der Waals surface area contributed by atoms with Gasteiger partial charge >= 0.3 is 0 Å². The molecule has 1 saturated carbocycles. The third kappa shape index (κ3) is 3.94. The van der Waals surface area contributed by atoms with Crippen LogP contribution >= 0.6 is 0 Å². The molecule has 9 nitrogen and oxygen atoms in total. The van der Waals surface area contributed by atoms with Crippen LogP contribution in [0, 0.1) is 13.8 Å². The minimum absolute atomic E-state index is 0.00162. The Morgan fingerprint density at radius 2 is 1.76 bits per heavy atom. The zero-order chi connectivity index (χ0) is 23.1. The molecule has 1 aliphatic rings. The predicted molar refractivity (Wildman–Crippen MR) is 125 cm³/mol. The van der Waals surface area contributed by atoms with Crippen LogP contribution in [0.4, 0.5) is 0 Å². The van der Waals surface area contributed by atoms with Gasteiger partial charge in [-0.05, 0) is 57.7 Å². The van der Waals surface area contributed by atoms with E-state index in [1.54, 1.807) is 26.2 Å². The van der Waals surface area contributed by atoms with Crippen molar-refractivity contribution in [3.05, 3.63) is 69.9 Å². The van der Waals surface area contributed by atoms with Crippen LogP contribution in [0.1, 0.15) is 53.6 Å². The Bertz CT molecular complexity index is 1390. The van der Waals surface area contributed by atoms with Crippen LogP contribution in [0.15, 0.2) is 47.3 Å². The molecular weight excluding hydrogens is 418 g/mol. The first-order valence-corrected chi connectivity index (χ1v) is 11.3. The normalized spacial score (nSPS) is 18.5. The van der Waals surface area contributed by atoms with Gasteiger partial charge in [0.25, 0.3) is 11.5 Å². The van der Waals surface area contributed by atoms with E-state index >= 15 is 0 Å². The van der Waals surface area contributed by atoms with Crippen molar-refractivity contribution in [3.8, 4) is 5.82 Å². The average Bonchev–Trinajstić information content (AvgIpc) is 3.33. The van der Waals surface area contributed by atoms with E-state index in [9.17, 15) is 9.59 Å². The molecule has 4 aromatic rings. The first-order chi connectivity index (χ1) is 15.9. The van der Waals surface area contributed by atoms with Gasteiger partial charge in [0.2, 0.25) is 0 Å². The van der Waals surface area contributed by atoms with Gasteiger partial charge < -0.3 is 5.32 Å². The molecule has 0 radical (unpaired) electrons. The fraction of sp³-hybridized carbons (Fsp3) is 0.375. The fourth-order valence-electron chi connectivity index (χ4n) is 4.75. The molecule has 1 N–H and O–H groups in total. The van der Waals surface area contributed by atoms with Gasteiger partial charge in [-0.2, -0.15) is 10.2 Å². The van der Waals surface area contributed by atoms with Crippen molar-refractivity contribution in [2.24, 2.45) is 7.05 Å². The summed E-state index contributed by atoms with van der Waals surface area (Å²) in [6.45, 7) is 3.90. The third-order valence-corrected chi connectivity index (χ3v) is 6.39. The van der Waals surface area contributed by atoms with E-state index in [1.807, 2.05) is 51.2 Å². The predicted octanol–water partition coefficient (Wildman–Crippen LogP) is 2.85. The lowest BCUT2D eigenvalue weighted by Gasteiger charge is -2.29. The number of hydrogen-bond acceptors (Lipinski definition) is 5. The topological polar surface area (TPSA) is 99.6 Å². The molecule has 0 unspecified atom stereocenters. The first kappa shape index (κ1) is 21.1. The molecule has 0 bridgehead atoms. The summed E-state index contributed by atoms with van der Waals surface area (Å²) in [5, 5.41) is 17.5. The molecular formula is C24H27N7O2. The van der Waals surface area contributed by atoms with Crippen molar-refractivity contribution in [2.75, 3.05) is 0 Å². The summed E-state index contributed by atoms with van der Waals surface area (Å²) in [4.78, 5) is 25.5. The van der Waals surface area contributed by atoms with Crippen molar-refractivity contribution >= 4 is 16.8 Å². The second-order valence-corrected chi connectivity index (χ2v) is 8.78. The Hall–Kier alpha value is -3.75. The van der Waals surface area contributed by atoms with E-state index in [2.05, 4.69) is 20.6 Å². The van der Waals surface area contributed by atoms with Crippen LogP contribution in [0.2, 0.25) is 0 Å². The molecule has 170 valence electrons. The van der Waals surface area contributed by atoms with E-state index < -0.39 is 0 Å². The lowest BCUT2D eigenvalue weighted by Crippen LogP contribution is -2.40. The van der Waals surface area contributed by atoms with Crippen LogP contribution in [0.3, 0.4) is 0 Å². The molecule has 9 heteroatoms. The highest BCUT2D eigenvalue weighted by molar-refractivity contribution is 6.04. The highest BCUT2D eigenvalue weighted by Gasteiger charge is 2.27. The van der Waals surface area contributed by atoms with E-state index in [-0.39, 0.29) is 23.6 Å². The Morgan fingerprint density at radius 1 is 1.00 bits per heavy atom. The highest BCUT2D eigenvalue weighted by Crippen LogP contribution is 2.28. The number of hydrogen-bond donors (Lipinski definition) is 1. The molecule has 0 spiro atoms. The number of para-hydroxylation sites is 1. The molecule has 1 aromatic carbocycles. The lowest BCUT2D eigenvalue weighted by molar-refractivity contribution is 0.0917. The molecule has 0 aliphatic heterocycles. The maximum absolute atomic E-state index is 12.9. The minimum atomic E-state index is -0.155. The Morgan fingerprint density at radius 3 is 2.48 bits per heavy atom. The SMILES string of the molecule is Cc1cc(C)n(-c2ccc(=O)n(C3CCC(NC(=O)c4nn(C)c5ccccc45)CC3)n2)n1. The lowest BCUT2D eigenvalue weighted by atomic mass is 9.91. The molecule has 1 aliphatic carbocycles. The van der Waals surface area contributed by atoms with Crippen molar-refractivity contribution in [1.82, 2.24) is 34.7 Å². The standard InChI is InChI=1S/C24H27N7O2/c1-15-14-16(2)30(26-15)21-12-13-22(32)31(27-21)18-10-8-17(9-11-18)25-24(33)23-19-6-4-5-7-20(19)29(3)28-23/h4-7,12-14,17-18H,8-11H2,1-3H3,(H,25,33). The summed E-state index contributed by atoms with van der Waals surface area (Å²) < 4.78 is 5.07. The van der Waals surface area contributed by atoms with E-state index in [4.69, 9.17) is 0 Å². The largest absolute Gasteiger partial charge is 0.348 e. The Kier molecular flexibility index (Phi) is 5.32. The van der Waals surface area contributed by atoms with Gasteiger partial charge in [0.15, 0.2) is 11.5 Å². The average molecular weight is 446 g/mol. The number of benzene rings is 1. The van der Waals surface area contributed by atoms with Crippen molar-refractivity contribution in [3.63, 3.8) is 0 Å². The smallest absolute Gasteiger partial charge is 0.272 e. The Balaban J connectivity index is 1.28. The van der Waals surface area contributed by atoms with Crippen LogP contribution in [-0.2, 0) is 7.05 Å². The van der Waals surface area contributed by atoms with Crippen LogP contribution < -0.4 is 10.9 Å². The number of amides is 1. The fourth-order valence-corrected chi connectivity index (χ4v) is 4.75. The van der Waals surface area contributed by atoms with Gasteiger partial charge in [-0.15, -0.1) is 5.10 Å². The Labute approximate surface area is 191 Å². The van der Waals surface area contributed by atoms with Gasteiger partial charge in [0.05, 0.1) is 17.3 Å². The molecule has 1 amide bonds. The summed E-state index contributed by atoms with van der Waals surface area (Å²) in [6.07, 6.45) is 3.08. The van der Waals surface area contributed by atoms with Crippen molar-refractivity contribution < 1.29 is 4.79 Å². The van der Waals surface area contributed by atoms with E-state index in [0.717, 1.165) is 48.0 Å². The maximum Gasteiger partial charge on any atom is 0.272 e. The molecule has 0 atom stereocenters. The number of fused-ring (bicyclic) bond motifs is 1. The molecule has 1 fully saturated rings. The van der Waals surface area contributed by atoms with Gasteiger partial charge in [-0.3, -0.25) is 14.3 Å². The molecule has 3 aromatic heterocycles. The van der Waals surface area contributed by atoms with Crippen LogP contribution in [-0.4, -0.2) is 41.3 Å². The first-order valence-electron chi connectivity index (χ1n) is 11.3. The summed E-state index contributed by atoms with van der Waals surface area (Å²) >= 11 is 0. The van der Waals surface area contributed by atoms with Crippen molar-refractivity contribution in [1.29, 1.82) is 0 Å². The number of carbonyl (C=O) groups is 1. The van der Waals surface area contributed by atoms with Gasteiger partial charge in [0, 0.05) is 30.2 Å². The number of nitrogens with zero attached hydrogens (tertiary/aromatic N) is 6. The zero-order valence-corrected chi connectivity index (χ0v) is 19.0. The molecule has 3 heterocycles. The second kappa shape index (κ2) is 8.31. The van der Waals surface area contributed by atoms with Crippen LogP contribution in [0.5, 0.6) is 0 Å². The molecule has 0 saturated heterocycles. The van der Waals surface area contributed by atoms with Gasteiger partial charge in [-0.25, -0.2) is 9.36 Å². The number of nitrogens with one attached hydrogen (secondary N) is 1. The highest BCUT2D eigenvalue weighted by atomic mass is 16.2. The van der Waals surface area contributed by atoms with Crippen molar-refractivity contribution in [2.45, 2.75) is 51.6 Å². The van der Waals surface area contributed by atoms with E-state index in [0.29, 0.717) is 11.5 Å². The molecule has 5 rings (SSSR count). The summed E-state index contributed by atoms with van der Waals surface area (Å²) in [5.74, 6) is 0.481. The van der Waals surface area contributed by atoms with Gasteiger partial charge in [-0.1, -0.05) is 18.2 Å². The second-order valence-electron chi connectivity index (χ2n) is 8.78. The summed E-state index contributed by atoms with van der Waals surface area (Å²) in [7, 11) is 1.84. The number of carbonyl (C=O) groups excluding carboxylic acids is 1. The third-order valence-electron chi connectivity index (χ3n) is 6.39. The number of aromatic nitrogens is 6. The molecule has 33 heavy (non-hydrogen) atoms. The summed E-state index contributed by atoms with van der Waals surface area (Å²) in [6, 6.07) is 13.0. The number of aryl methyl sites for hydroxylation is 3. The van der Waals surface area contributed by atoms with Crippen LogP contribution in [0.25, 0.3) is 16.7 Å².